The molecule has 2 aliphatic heterocycles. The maximum atomic E-state index is 12.5. The summed E-state index contributed by atoms with van der Waals surface area (Å²) < 4.78 is 0. The molecule has 6 heteroatoms. The highest BCUT2D eigenvalue weighted by molar-refractivity contribution is 5.92. The first-order valence-electron chi connectivity index (χ1n) is 8.00. The number of benzene rings is 1. The Morgan fingerprint density at radius 1 is 1.22 bits per heavy atom. The predicted octanol–water partition coefficient (Wildman–Crippen LogP) is 0.0360. The molecule has 0 aliphatic carbocycles. The monoisotopic (exact) mass is 315 g/mol. The summed E-state index contributed by atoms with van der Waals surface area (Å²) in [5.74, 6) is -0.491. The lowest BCUT2D eigenvalue weighted by atomic mass is 10.1. The van der Waals surface area contributed by atoms with Crippen molar-refractivity contribution in [1.82, 2.24) is 15.1 Å². The fourth-order valence-corrected chi connectivity index (χ4v) is 3.15. The van der Waals surface area contributed by atoms with Crippen LogP contribution < -0.4 is 5.32 Å². The van der Waals surface area contributed by atoms with E-state index in [-0.39, 0.29) is 36.6 Å². The molecule has 122 valence electrons. The Kier molecular flexibility index (Phi) is 4.60. The molecule has 3 amide bonds. The minimum atomic E-state index is -0.316. The first kappa shape index (κ1) is 15.5. The van der Waals surface area contributed by atoms with Crippen LogP contribution in [0.2, 0.25) is 0 Å². The number of hydrogen-bond donors (Lipinski definition) is 1. The minimum absolute atomic E-state index is 0.0285. The quantitative estimate of drug-likeness (QED) is 0.853. The molecule has 0 radical (unpaired) electrons. The Hall–Kier alpha value is -2.37. The summed E-state index contributed by atoms with van der Waals surface area (Å²) in [5.41, 5.74) is 1.18. The van der Waals surface area contributed by atoms with Crippen molar-refractivity contribution in [3.63, 3.8) is 0 Å². The molecule has 0 saturated carbocycles. The van der Waals surface area contributed by atoms with Gasteiger partial charge in [-0.3, -0.25) is 14.4 Å². The van der Waals surface area contributed by atoms with Gasteiger partial charge in [0.1, 0.15) is 0 Å². The molecule has 2 fully saturated rings. The Morgan fingerprint density at radius 2 is 2.00 bits per heavy atom. The van der Waals surface area contributed by atoms with Crippen LogP contribution in [0, 0.1) is 5.92 Å². The Bertz CT molecular complexity index is 602. The van der Waals surface area contributed by atoms with Crippen molar-refractivity contribution in [2.75, 3.05) is 32.7 Å². The first-order valence-corrected chi connectivity index (χ1v) is 8.00. The summed E-state index contributed by atoms with van der Waals surface area (Å²) in [4.78, 5) is 39.3. The molecule has 0 spiro atoms. The van der Waals surface area contributed by atoms with Crippen molar-refractivity contribution in [2.24, 2.45) is 5.92 Å². The number of piperazine rings is 1. The van der Waals surface area contributed by atoms with E-state index in [0.29, 0.717) is 26.2 Å². The molecular weight excluding hydrogens is 294 g/mol. The number of amides is 3. The van der Waals surface area contributed by atoms with Crippen molar-refractivity contribution in [3.8, 4) is 0 Å². The van der Waals surface area contributed by atoms with E-state index >= 15 is 0 Å². The van der Waals surface area contributed by atoms with Crippen LogP contribution in [0.15, 0.2) is 30.3 Å². The van der Waals surface area contributed by atoms with E-state index in [1.54, 1.807) is 9.80 Å². The highest BCUT2D eigenvalue weighted by atomic mass is 16.2. The van der Waals surface area contributed by atoms with E-state index in [1.165, 1.54) is 5.56 Å². The van der Waals surface area contributed by atoms with Crippen molar-refractivity contribution in [3.05, 3.63) is 35.9 Å². The molecule has 2 aliphatic rings. The van der Waals surface area contributed by atoms with Gasteiger partial charge >= 0.3 is 0 Å². The van der Waals surface area contributed by atoms with Gasteiger partial charge in [0.05, 0.1) is 12.5 Å². The molecule has 2 heterocycles. The number of carbonyl (C=O) groups is 3. The molecule has 6 nitrogen and oxygen atoms in total. The summed E-state index contributed by atoms with van der Waals surface area (Å²) in [6.07, 6.45) is 1.05. The molecular formula is C17H21N3O3. The summed E-state index contributed by atoms with van der Waals surface area (Å²) in [6.45, 7) is 2.21. The van der Waals surface area contributed by atoms with Gasteiger partial charge in [-0.1, -0.05) is 30.3 Å². The van der Waals surface area contributed by atoms with Crippen LogP contribution in [-0.2, 0) is 20.8 Å². The molecule has 1 N–H and O–H groups in total. The second kappa shape index (κ2) is 6.81. The van der Waals surface area contributed by atoms with Gasteiger partial charge in [0.2, 0.25) is 17.7 Å². The van der Waals surface area contributed by atoms with Crippen molar-refractivity contribution in [2.45, 2.75) is 12.8 Å². The number of carbonyl (C=O) groups excluding carboxylic acids is 3. The lowest BCUT2D eigenvalue weighted by Gasteiger charge is -2.28. The molecule has 0 aromatic heterocycles. The Labute approximate surface area is 135 Å². The van der Waals surface area contributed by atoms with Crippen LogP contribution in [0.1, 0.15) is 12.0 Å². The molecule has 1 atom stereocenters. The van der Waals surface area contributed by atoms with Crippen LogP contribution >= 0.6 is 0 Å². The summed E-state index contributed by atoms with van der Waals surface area (Å²) >= 11 is 0. The van der Waals surface area contributed by atoms with E-state index < -0.39 is 0 Å². The normalized spacial score (nSPS) is 21.5. The third-order valence-electron chi connectivity index (χ3n) is 4.43. The zero-order chi connectivity index (χ0) is 16.2. The molecule has 1 aromatic rings. The average molecular weight is 315 g/mol. The first-order chi connectivity index (χ1) is 11.1. The van der Waals surface area contributed by atoms with Crippen LogP contribution in [0.4, 0.5) is 0 Å². The third-order valence-corrected chi connectivity index (χ3v) is 4.43. The van der Waals surface area contributed by atoms with Crippen molar-refractivity contribution < 1.29 is 14.4 Å². The van der Waals surface area contributed by atoms with Gasteiger partial charge < -0.3 is 15.1 Å². The van der Waals surface area contributed by atoms with Gasteiger partial charge in [-0.15, -0.1) is 0 Å². The number of nitrogens with zero attached hydrogens (tertiary/aromatic N) is 2. The number of rotatable bonds is 4. The fraction of sp³-hybridized carbons (Fsp3) is 0.471. The smallest absolute Gasteiger partial charge is 0.239 e. The second-order valence-electron chi connectivity index (χ2n) is 6.09. The Morgan fingerprint density at radius 3 is 2.74 bits per heavy atom. The topological polar surface area (TPSA) is 69.7 Å². The predicted molar refractivity (Wildman–Crippen MR) is 84.4 cm³/mol. The lowest BCUT2D eigenvalue weighted by molar-refractivity contribution is -0.141. The van der Waals surface area contributed by atoms with Gasteiger partial charge in [0.25, 0.3) is 0 Å². The third kappa shape index (κ3) is 3.70. The van der Waals surface area contributed by atoms with E-state index in [2.05, 4.69) is 5.32 Å². The number of hydrogen-bond acceptors (Lipinski definition) is 3. The van der Waals surface area contributed by atoms with Crippen molar-refractivity contribution >= 4 is 17.7 Å². The molecule has 1 aromatic carbocycles. The van der Waals surface area contributed by atoms with E-state index in [0.717, 1.165) is 6.42 Å². The number of likely N-dealkylation sites (tertiary alicyclic amines) is 1. The molecule has 2 saturated heterocycles. The highest BCUT2D eigenvalue weighted by Crippen LogP contribution is 2.21. The van der Waals surface area contributed by atoms with Crippen LogP contribution in [-0.4, -0.2) is 60.2 Å². The zero-order valence-electron chi connectivity index (χ0n) is 13.0. The molecule has 23 heavy (non-hydrogen) atoms. The van der Waals surface area contributed by atoms with E-state index in [9.17, 15) is 14.4 Å². The van der Waals surface area contributed by atoms with E-state index in [4.69, 9.17) is 0 Å². The lowest BCUT2D eigenvalue weighted by Crippen LogP contribution is -2.51. The molecule has 1 unspecified atom stereocenters. The van der Waals surface area contributed by atoms with Crippen molar-refractivity contribution in [1.29, 1.82) is 0 Å². The fourth-order valence-electron chi connectivity index (χ4n) is 3.15. The second-order valence-corrected chi connectivity index (χ2v) is 6.09. The molecule has 3 rings (SSSR count). The van der Waals surface area contributed by atoms with Crippen LogP contribution in [0.3, 0.4) is 0 Å². The summed E-state index contributed by atoms with van der Waals surface area (Å²) in [5, 5.41) is 2.70. The van der Waals surface area contributed by atoms with Gasteiger partial charge in [0, 0.05) is 32.6 Å². The zero-order valence-corrected chi connectivity index (χ0v) is 13.0. The maximum absolute atomic E-state index is 12.5. The average Bonchev–Trinajstić information content (AvgIpc) is 2.94. The molecule has 0 bridgehead atoms. The van der Waals surface area contributed by atoms with Gasteiger partial charge in [-0.05, 0) is 12.0 Å². The maximum Gasteiger partial charge on any atom is 0.239 e. The van der Waals surface area contributed by atoms with Crippen LogP contribution in [0.5, 0.6) is 0 Å². The Balaban J connectivity index is 1.54. The standard InChI is InChI=1S/C17H21N3O3/c21-15-12-20(9-7-18-15)17(23)14-10-16(22)19(11-14)8-6-13-4-2-1-3-5-13/h1-5,14H,6-12H2,(H,18,21). The van der Waals surface area contributed by atoms with E-state index in [1.807, 2.05) is 30.3 Å². The number of nitrogens with one attached hydrogen (secondary N) is 1. The van der Waals surface area contributed by atoms with Gasteiger partial charge in [-0.25, -0.2) is 0 Å². The van der Waals surface area contributed by atoms with Crippen LogP contribution in [0.25, 0.3) is 0 Å². The highest BCUT2D eigenvalue weighted by Gasteiger charge is 2.37. The largest absolute Gasteiger partial charge is 0.353 e. The van der Waals surface area contributed by atoms with Gasteiger partial charge in [-0.2, -0.15) is 0 Å². The summed E-state index contributed by atoms with van der Waals surface area (Å²) in [6, 6.07) is 10.0. The summed E-state index contributed by atoms with van der Waals surface area (Å²) in [7, 11) is 0. The van der Waals surface area contributed by atoms with Gasteiger partial charge in [0.15, 0.2) is 0 Å². The SMILES string of the molecule is O=C1CN(C(=O)C2CC(=O)N(CCc3ccccc3)C2)CCN1. The minimum Gasteiger partial charge on any atom is -0.353 e.